The summed E-state index contributed by atoms with van der Waals surface area (Å²) >= 11 is 0. The van der Waals surface area contributed by atoms with Gasteiger partial charge in [0, 0.05) is 18.2 Å². The molecule has 106 valence electrons. The Balaban J connectivity index is 2.23. The summed E-state index contributed by atoms with van der Waals surface area (Å²) in [6, 6.07) is 9.61. The topological polar surface area (TPSA) is 46.9 Å². The van der Waals surface area contributed by atoms with E-state index >= 15 is 0 Å². The van der Waals surface area contributed by atoms with Crippen molar-refractivity contribution in [2.45, 2.75) is 40.2 Å². The third kappa shape index (κ3) is 3.07. The van der Waals surface area contributed by atoms with E-state index in [0.717, 1.165) is 42.0 Å². The second-order valence-corrected chi connectivity index (χ2v) is 4.86. The van der Waals surface area contributed by atoms with Crippen molar-refractivity contribution < 1.29 is 4.79 Å². The average molecular weight is 271 g/mol. The number of benzene rings is 1. The van der Waals surface area contributed by atoms with Gasteiger partial charge in [-0.3, -0.25) is 4.79 Å². The molecule has 1 aromatic carbocycles. The number of carbonyl (C=O) groups excluding carboxylic acids is 1. The zero-order valence-electron chi connectivity index (χ0n) is 12.3. The SMILES string of the molecule is CCCn1nc(C)cc1NC(=O)c1ccccc1CC. The van der Waals surface area contributed by atoms with Crippen LogP contribution < -0.4 is 5.32 Å². The van der Waals surface area contributed by atoms with Gasteiger partial charge in [-0.1, -0.05) is 32.0 Å². The van der Waals surface area contributed by atoms with Gasteiger partial charge in [0.1, 0.15) is 5.82 Å². The van der Waals surface area contributed by atoms with Gasteiger partial charge in [-0.05, 0) is 31.4 Å². The molecular formula is C16H21N3O. The maximum absolute atomic E-state index is 12.4. The van der Waals surface area contributed by atoms with Gasteiger partial charge in [0.05, 0.1) is 5.69 Å². The van der Waals surface area contributed by atoms with Crippen molar-refractivity contribution in [3.05, 3.63) is 47.2 Å². The molecule has 0 fully saturated rings. The molecule has 1 aromatic heterocycles. The Morgan fingerprint density at radius 1 is 1.30 bits per heavy atom. The second kappa shape index (κ2) is 6.37. The fraction of sp³-hybridized carbons (Fsp3) is 0.375. The summed E-state index contributed by atoms with van der Waals surface area (Å²) in [6.07, 6.45) is 1.83. The number of nitrogens with zero attached hydrogens (tertiary/aromatic N) is 2. The number of amides is 1. The molecule has 0 radical (unpaired) electrons. The molecule has 1 amide bonds. The maximum atomic E-state index is 12.4. The number of hydrogen-bond donors (Lipinski definition) is 1. The van der Waals surface area contributed by atoms with Crippen LogP contribution in [0.4, 0.5) is 5.82 Å². The number of aromatic nitrogens is 2. The van der Waals surface area contributed by atoms with Gasteiger partial charge in [0.2, 0.25) is 0 Å². The van der Waals surface area contributed by atoms with E-state index < -0.39 is 0 Å². The van der Waals surface area contributed by atoms with Crippen LogP contribution in [0.5, 0.6) is 0 Å². The summed E-state index contributed by atoms with van der Waals surface area (Å²) in [4.78, 5) is 12.4. The fourth-order valence-electron chi connectivity index (χ4n) is 2.26. The zero-order valence-corrected chi connectivity index (χ0v) is 12.3. The molecular weight excluding hydrogens is 250 g/mol. The van der Waals surface area contributed by atoms with Crippen molar-refractivity contribution in [2.24, 2.45) is 0 Å². The van der Waals surface area contributed by atoms with E-state index in [4.69, 9.17) is 0 Å². The normalized spacial score (nSPS) is 10.6. The third-order valence-corrected chi connectivity index (χ3v) is 3.22. The third-order valence-electron chi connectivity index (χ3n) is 3.22. The van der Waals surface area contributed by atoms with Crippen molar-refractivity contribution in [1.29, 1.82) is 0 Å². The average Bonchev–Trinajstić information content (AvgIpc) is 2.79. The van der Waals surface area contributed by atoms with Gasteiger partial charge >= 0.3 is 0 Å². The first-order valence-electron chi connectivity index (χ1n) is 7.09. The second-order valence-electron chi connectivity index (χ2n) is 4.86. The number of nitrogens with one attached hydrogen (secondary N) is 1. The van der Waals surface area contributed by atoms with Crippen LogP contribution in [-0.4, -0.2) is 15.7 Å². The molecule has 0 bridgehead atoms. The minimum Gasteiger partial charge on any atom is -0.307 e. The van der Waals surface area contributed by atoms with Gasteiger partial charge < -0.3 is 5.32 Å². The summed E-state index contributed by atoms with van der Waals surface area (Å²) in [7, 11) is 0. The molecule has 0 atom stereocenters. The molecule has 0 aliphatic rings. The molecule has 0 spiro atoms. The highest BCUT2D eigenvalue weighted by Gasteiger charge is 2.13. The summed E-state index contributed by atoms with van der Waals surface area (Å²) in [5, 5.41) is 7.36. The van der Waals surface area contributed by atoms with Gasteiger partial charge in [-0.2, -0.15) is 5.10 Å². The van der Waals surface area contributed by atoms with Crippen LogP contribution in [0, 0.1) is 6.92 Å². The van der Waals surface area contributed by atoms with E-state index in [0.29, 0.717) is 0 Å². The quantitative estimate of drug-likeness (QED) is 0.905. The molecule has 20 heavy (non-hydrogen) atoms. The number of anilines is 1. The lowest BCUT2D eigenvalue weighted by atomic mass is 10.0. The molecule has 0 aliphatic heterocycles. The Hall–Kier alpha value is -2.10. The van der Waals surface area contributed by atoms with Crippen LogP contribution in [0.3, 0.4) is 0 Å². The summed E-state index contributed by atoms with van der Waals surface area (Å²) < 4.78 is 1.85. The standard InChI is InChI=1S/C16H21N3O/c1-4-10-19-15(11-12(3)18-19)17-16(20)14-9-7-6-8-13(14)5-2/h6-9,11H,4-5,10H2,1-3H3,(H,17,20). The highest BCUT2D eigenvalue weighted by molar-refractivity contribution is 6.04. The Labute approximate surface area is 119 Å². The van der Waals surface area contributed by atoms with Crippen LogP contribution in [0.25, 0.3) is 0 Å². The van der Waals surface area contributed by atoms with E-state index in [2.05, 4.69) is 24.3 Å². The molecule has 4 nitrogen and oxygen atoms in total. The minimum atomic E-state index is -0.0697. The van der Waals surface area contributed by atoms with E-state index in [9.17, 15) is 4.79 Å². The van der Waals surface area contributed by atoms with Crippen LogP contribution in [0.15, 0.2) is 30.3 Å². The molecule has 1 heterocycles. The predicted molar refractivity (Wildman–Crippen MR) is 81.0 cm³/mol. The lowest BCUT2D eigenvalue weighted by molar-refractivity contribution is 0.102. The van der Waals surface area contributed by atoms with Crippen LogP contribution >= 0.6 is 0 Å². The Bertz CT molecular complexity index is 602. The lowest BCUT2D eigenvalue weighted by Gasteiger charge is -2.10. The molecule has 2 rings (SSSR count). The minimum absolute atomic E-state index is 0.0697. The van der Waals surface area contributed by atoms with Crippen LogP contribution in [0.1, 0.15) is 41.9 Å². The van der Waals surface area contributed by atoms with E-state index in [1.54, 1.807) is 0 Å². The monoisotopic (exact) mass is 271 g/mol. The first-order valence-corrected chi connectivity index (χ1v) is 7.09. The van der Waals surface area contributed by atoms with Crippen molar-refractivity contribution in [1.82, 2.24) is 9.78 Å². The van der Waals surface area contributed by atoms with Crippen LogP contribution in [0.2, 0.25) is 0 Å². The highest BCUT2D eigenvalue weighted by atomic mass is 16.1. The molecule has 4 heteroatoms. The number of carbonyl (C=O) groups is 1. The Kier molecular flexibility index (Phi) is 4.56. The largest absolute Gasteiger partial charge is 0.307 e. The lowest BCUT2D eigenvalue weighted by Crippen LogP contribution is -2.17. The van der Waals surface area contributed by atoms with Gasteiger partial charge in [0.25, 0.3) is 5.91 Å². The number of rotatable bonds is 5. The summed E-state index contributed by atoms with van der Waals surface area (Å²) in [6.45, 7) is 6.88. The fourth-order valence-corrected chi connectivity index (χ4v) is 2.26. The Morgan fingerprint density at radius 2 is 2.05 bits per heavy atom. The first kappa shape index (κ1) is 14.3. The van der Waals surface area contributed by atoms with E-state index in [-0.39, 0.29) is 5.91 Å². The highest BCUT2D eigenvalue weighted by Crippen LogP contribution is 2.15. The van der Waals surface area contributed by atoms with Crippen molar-refractivity contribution in [2.75, 3.05) is 5.32 Å². The molecule has 0 unspecified atom stereocenters. The van der Waals surface area contributed by atoms with E-state index in [1.807, 2.05) is 41.9 Å². The van der Waals surface area contributed by atoms with Gasteiger partial charge in [0.15, 0.2) is 0 Å². The first-order chi connectivity index (χ1) is 9.65. The van der Waals surface area contributed by atoms with Crippen LogP contribution in [-0.2, 0) is 13.0 Å². The predicted octanol–water partition coefficient (Wildman–Crippen LogP) is 3.42. The molecule has 0 saturated carbocycles. The van der Waals surface area contributed by atoms with Crippen molar-refractivity contribution in [3.8, 4) is 0 Å². The van der Waals surface area contributed by atoms with Gasteiger partial charge in [-0.15, -0.1) is 0 Å². The zero-order chi connectivity index (χ0) is 14.5. The molecule has 0 aliphatic carbocycles. The van der Waals surface area contributed by atoms with Crippen molar-refractivity contribution in [3.63, 3.8) is 0 Å². The Morgan fingerprint density at radius 3 is 2.75 bits per heavy atom. The number of aryl methyl sites for hydroxylation is 3. The van der Waals surface area contributed by atoms with Crippen molar-refractivity contribution >= 4 is 11.7 Å². The van der Waals surface area contributed by atoms with Gasteiger partial charge in [-0.25, -0.2) is 4.68 Å². The number of hydrogen-bond acceptors (Lipinski definition) is 2. The summed E-state index contributed by atoms with van der Waals surface area (Å²) in [5.74, 6) is 0.694. The molecule has 1 N–H and O–H groups in total. The smallest absolute Gasteiger partial charge is 0.257 e. The summed E-state index contributed by atoms with van der Waals surface area (Å²) in [5.41, 5.74) is 2.71. The molecule has 2 aromatic rings. The molecule has 0 saturated heterocycles. The maximum Gasteiger partial charge on any atom is 0.257 e. The van der Waals surface area contributed by atoms with E-state index in [1.165, 1.54) is 0 Å².